The van der Waals surface area contributed by atoms with E-state index in [2.05, 4.69) is 37.2 Å². The quantitative estimate of drug-likeness (QED) is 0.0364. The van der Waals surface area contributed by atoms with Gasteiger partial charge in [0.05, 0.1) is 26.1 Å². The highest BCUT2D eigenvalue weighted by molar-refractivity contribution is 5.96. The molecule has 0 fully saturated rings. The molecule has 0 aromatic heterocycles. The Morgan fingerprint density at radius 1 is 0.586 bits per heavy atom. The van der Waals surface area contributed by atoms with Gasteiger partial charge in [0.2, 0.25) is 41.4 Å². The van der Waals surface area contributed by atoms with Gasteiger partial charge in [0.25, 0.3) is 0 Å². The Morgan fingerprint density at radius 2 is 1.16 bits per heavy atom. The molecule has 0 heterocycles. The Hall–Kier alpha value is -6.16. The van der Waals surface area contributed by atoms with E-state index < -0.39 is 128 Å². The summed E-state index contributed by atoms with van der Waals surface area (Å²) < 4.78 is 0. The van der Waals surface area contributed by atoms with Gasteiger partial charge in [-0.25, -0.2) is 4.79 Å². The van der Waals surface area contributed by atoms with Crippen LogP contribution in [0.4, 0.5) is 0 Å². The normalized spacial score (nSPS) is 13.3. The van der Waals surface area contributed by atoms with Crippen molar-refractivity contribution in [3.63, 3.8) is 0 Å². The predicted octanol–water partition coefficient (Wildman–Crippen LogP) is -3.56. The van der Waals surface area contributed by atoms with Crippen LogP contribution in [0.1, 0.15) is 64.4 Å². The number of benzene rings is 1. The summed E-state index contributed by atoms with van der Waals surface area (Å²) in [4.78, 5) is 124. The zero-order valence-electron chi connectivity index (χ0n) is 32.4. The minimum atomic E-state index is -1.53. The lowest BCUT2D eigenvalue weighted by atomic mass is 10.0. The standard InChI is InChI=1S/C36H55N9O13/c1-20(2)14-24(42-29(48)19-39-28(47)18-40-32(53)26(16-31(51)52)41-27(46)17-38)34(55)45-25(15-21-8-4-3-5-9-21)35(56)43-22(11-12-30(49)50)33(54)44-23(36(57)58)10-6-7-13-37/h3-5,8-9,20,22-26H,6-7,10-19,37-38H2,1-2H3,(H,39,47)(H,40,53)(H,41,46)(H,42,48)(H,43,56)(H,44,54)(H,45,55)(H,49,50)(H,51,52)(H,57,58)/t22-,23-,24-,25-,26-/m0/s1. The second-order valence-corrected chi connectivity index (χ2v) is 13.6. The van der Waals surface area contributed by atoms with Crippen LogP contribution in [0.2, 0.25) is 0 Å². The molecule has 1 aromatic carbocycles. The summed E-state index contributed by atoms with van der Waals surface area (Å²) in [6.45, 7) is 1.91. The van der Waals surface area contributed by atoms with E-state index in [-0.39, 0.29) is 25.2 Å². The summed E-state index contributed by atoms with van der Waals surface area (Å²) in [5.41, 5.74) is 11.2. The van der Waals surface area contributed by atoms with Gasteiger partial charge >= 0.3 is 17.9 Å². The van der Waals surface area contributed by atoms with Gasteiger partial charge in [0.1, 0.15) is 30.2 Å². The lowest BCUT2D eigenvalue weighted by molar-refractivity contribution is -0.143. The fraction of sp³-hybridized carbons (Fsp3) is 0.556. The largest absolute Gasteiger partial charge is 0.481 e. The van der Waals surface area contributed by atoms with Crippen molar-refractivity contribution in [1.29, 1.82) is 0 Å². The van der Waals surface area contributed by atoms with Gasteiger partial charge < -0.3 is 64.0 Å². The number of rotatable bonds is 28. The Morgan fingerprint density at radius 3 is 1.72 bits per heavy atom. The minimum absolute atomic E-state index is 0.0271. The molecule has 0 spiro atoms. The molecule has 0 saturated heterocycles. The third kappa shape index (κ3) is 20.7. The van der Waals surface area contributed by atoms with Crippen molar-refractivity contribution in [2.75, 3.05) is 26.2 Å². The van der Waals surface area contributed by atoms with Crippen LogP contribution in [0, 0.1) is 5.92 Å². The molecule has 22 nitrogen and oxygen atoms in total. The smallest absolute Gasteiger partial charge is 0.326 e. The van der Waals surface area contributed by atoms with E-state index >= 15 is 0 Å². The van der Waals surface area contributed by atoms with Gasteiger partial charge in [0.15, 0.2) is 0 Å². The molecular formula is C36H55N9O13. The predicted molar refractivity (Wildman–Crippen MR) is 204 cm³/mol. The van der Waals surface area contributed by atoms with Gasteiger partial charge in [0, 0.05) is 12.8 Å². The Kier molecular flexibility index (Phi) is 22.9. The molecule has 322 valence electrons. The SMILES string of the molecule is CC(C)C[C@H](NC(=O)CNC(=O)CNC(=O)[C@H](CC(=O)O)NC(=O)CN)C(=O)N[C@@H](Cc1ccccc1)C(=O)N[C@@H](CCC(=O)O)C(=O)N[C@@H](CCCCN)C(=O)O. The minimum Gasteiger partial charge on any atom is -0.481 e. The number of nitrogens with two attached hydrogens (primary N) is 2. The van der Waals surface area contributed by atoms with Crippen molar-refractivity contribution in [3.05, 3.63) is 35.9 Å². The Labute approximate surface area is 334 Å². The number of nitrogens with one attached hydrogen (secondary N) is 7. The monoisotopic (exact) mass is 821 g/mol. The van der Waals surface area contributed by atoms with E-state index in [1.807, 2.05) is 0 Å². The Bertz CT molecular complexity index is 1590. The molecule has 7 amide bonds. The molecule has 1 rings (SSSR count). The molecule has 1 aromatic rings. The molecule has 0 bridgehead atoms. The molecule has 14 N–H and O–H groups in total. The number of unbranched alkanes of at least 4 members (excludes halogenated alkanes) is 1. The molecule has 0 radical (unpaired) electrons. The molecule has 58 heavy (non-hydrogen) atoms. The summed E-state index contributed by atoms with van der Waals surface area (Å²) in [6, 6.07) is 1.39. The van der Waals surface area contributed by atoms with Gasteiger partial charge in [-0.3, -0.25) is 43.2 Å². The number of carboxylic acids is 3. The average molecular weight is 822 g/mol. The molecule has 0 aliphatic heterocycles. The van der Waals surface area contributed by atoms with Crippen LogP contribution in [0.3, 0.4) is 0 Å². The fourth-order valence-corrected chi connectivity index (χ4v) is 5.28. The summed E-state index contributed by atoms with van der Waals surface area (Å²) in [6.07, 6.45) is -0.938. The van der Waals surface area contributed by atoms with Crippen LogP contribution in [0.15, 0.2) is 30.3 Å². The third-order valence-electron chi connectivity index (χ3n) is 8.20. The van der Waals surface area contributed by atoms with Gasteiger partial charge in [-0.05, 0) is 50.1 Å². The Balaban J connectivity index is 3.13. The zero-order chi connectivity index (χ0) is 43.8. The maximum absolute atomic E-state index is 13.8. The van der Waals surface area contributed by atoms with Crippen molar-refractivity contribution in [2.24, 2.45) is 17.4 Å². The van der Waals surface area contributed by atoms with Crippen LogP contribution in [0.25, 0.3) is 0 Å². The second kappa shape index (κ2) is 26.6. The summed E-state index contributed by atoms with van der Waals surface area (Å²) in [5, 5.41) is 44.3. The average Bonchev–Trinajstić information content (AvgIpc) is 3.16. The maximum atomic E-state index is 13.8. The first-order chi connectivity index (χ1) is 27.4. The molecule has 22 heteroatoms. The molecular weight excluding hydrogens is 766 g/mol. The van der Waals surface area contributed by atoms with E-state index in [4.69, 9.17) is 16.6 Å². The highest BCUT2D eigenvalue weighted by Gasteiger charge is 2.32. The molecule has 0 saturated carbocycles. The number of aliphatic carboxylic acids is 3. The number of carbonyl (C=O) groups excluding carboxylic acids is 7. The lowest BCUT2D eigenvalue weighted by Gasteiger charge is -2.26. The second-order valence-electron chi connectivity index (χ2n) is 13.6. The first-order valence-electron chi connectivity index (χ1n) is 18.5. The molecule has 0 aliphatic carbocycles. The maximum Gasteiger partial charge on any atom is 0.326 e. The number of hydrogen-bond donors (Lipinski definition) is 12. The lowest BCUT2D eigenvalue weighted by Crippen LogP contribution is -2.58. The summed E-state index contributed by atoms with van der Waals surface area (Å²) in [7, 11) is 0. The van der Waals surface area contributed by atoms with Gasteiger partial charge in [-0.1, -0.05) is 44.2 Å². The van der Waals surface area contributed by atoms with Crippen molar-refractivity contribution < 1.29 is 63.3 Å². The van der Waals surface area contributed by atoms with Crippen molar-refractivity contribution in [1.82, 2.24) is 37.2 Å². The molecule has 5 atom stereocenters. The van der Waals surface area contributed by atoms with E-state index in [1.54, 1.807) is 44.2 Å². The van der Waals surface area contributed by atoms with Crippen LogP contribution in [0.5, 0.6) is 0 Å². The fourth-order valence-electron chi connectivity index (χ4n) is 5.28. The molecule has 0 unspecified atom stereocenters. The van der Waals surface area contributed by atoms with E-state index in [0.717, 1.165) is 0 Å². The van der Waals surface area contributed by atoms with Crippen molar-refractivity contribution in [2.45, 2.75) is 95.4 Å². The van der Waals surface area contributed by atoms with Crippen LogP contribution >= 0.6 is 0 Å². The highest BCUT2D eigenvalue weighted by atomic mass is 16.4. The summed E-state index contributed by atoms with van der Waals surface area (Å²) >= 11 is 0. The van der Waals surface area contributed by atoms with E-state index in [1.165, 1.54) is 0 Å². The first-order valence-corrected chi connectivity index (χ1v) is 18.5. The van der Waals surface area contributed by atoms with E-state index in [0.29, 0.717) is 24.9 Å². The van der Waals surface area contributed by atoms with Gasteiger partial charge in [-0.2, -0.15) is 0 Å². The first kappa shape index (κ1) is 49.9. The molecule has 0 aliphatic rings. The van der Waals surface area contributed by atoms with Crippen LogP contribution in [-0.2, 0) is 54.4 Å². The number of amides is 7. The topological polar surface area (TPSA) is 368 Å². The van der Waals surface area contributed by atoms with Crippen LogP contribution < -0.4 is 48.7 Å². The number of carboxylic acid groups (broad SMARTS) is 3. The summed E-state index contributed by atoms with van der Waals surface area (Å²) in [5.74, 6) is -10.4. The van der Waals surface area contributed by atoms with Crippen LogP contribution in [-0.4, -0.2) is 131 Å². The third-order valence-corrected chi connectivity index (χ3v) is 8.20. The number of carbonyl (C=O) groups is 10. The zero-order valence-corrected chi connectivity index (χ0v) is 32.4. The van der Waals surface area contributed by atoms with Crippen molar-refractivity contribution >= 4 is 59.3 Å². The van der Waals surface area contributed by atoms with Crippen molar-refractivity contribution in [3.8, 4) is 0 Å². The van der Waals surface area contributed by atoms with Gasteiger partial charge in [-0.15, -0.1) is 0 Å². The highest BCUT2D eigenvalue weighted by Crippen LogP contribution is 2.10. The van der Waals surface area contributed by atoms with E-state index in [9.17, 15) is 58.2 Å². The number of hydrogen-bond acceptors (Lipinski definition) is 12.